The lowest BCUT2D eigenvalue weighted by atomic mass is 10.0. The standard InChI is InChI=1S/C32H35FN6O2/c1-35-20-26(18-34)25-15-23(16-27(33)17-25)19-37-32(40)29-30-28(11-12-36-29)38-31(24-9-5-6-10-24)39(30)13-14-41-21-22-7-3-2-4-8-22/h2-4,7-8,11-12,15-18,20,24,34-35H,5-6,9-10,13-14,19,21H2,1H3,(H,37,40)/b26-20+,34-18?. The van der Waals surface area contributed by atoms with Gasteiger partial charge in [0, 0.05) is 50.2 Å². The number of fused-ring (bicyclic) bond motifs is 1. The molecule has 1 fully saturated rings. The van der Waals surface area contributed by atoms with Gasteiger partial charge in [0.25, 0.3) is 5.91 Å². The van der Waals surface area contributed by atoms with Crippen LogP contribution >= 0.6 is 0 Å². The molecule has 3 N–H and O–H groups in total. The van der Waals surface area contributed by atoms with E-state index < -0.39 is 5.82 Å². The number of nitrogens with zero attached hydrogens (tertiary/aromatic N) is 3. The predicted molar refractivity (Wildman–Crippen MR) is 158 cm³/mol. The molecule has 41 heavy (non-hydrogen) atoms. The van der Waals surface area contributed by atoms with Crippen molar-refractivity contribution >= 4 is 28.7 Å². The number of rotatable bonds is 12. The number of halogens is 1. The lowest BCUT2D eigenvalue weighted by Crippen LogP contribution is -2.25. The monoisotopic (exact) mass is 554 g/mol. The lowest BCUT2D eigenvalue weighted by Gasteiger charge is -2.15. The predicted octanol–water partition coefficient (Wildman–Crippen LogP) is 5.58. The maximum Gasteiger partial charge on any atom is 0.272 e. The minimum absolute atomic E-state index is 0.107. The second kappa shape index (κ2) is 13.3. The summed E-state index contributed by atoms with van der Waals surface area (Å²) in [6, 6.07) is 16.4. The van der Waals surface area contributed by atoms with E-state index in [9.17, 15) is 9.18 Å². The van der Waals surface area contributed by atoms with E-state index in [2.05, 4.69) is 20.2 Å². The summed E-state index contributed by atoms with van der Waals surface area (Å²) in [5, 5.41) is 13.4. The first-order valence-electron chi connectivity index (χ1n) is 14.0. The highest BCUT2D eigenvalue weighted by atomic mass is 19.1. The van der Waals surface area contributed by atoms with Gasteiger partial charge in [0.1, 0.15) is 17.2 Å². The number of hydrogen-bond donors (Lipinski definition) is 3. The van der Waals surface area contributed by atoms with Crippen molar-refractivity contribution < 1.29 is 13.9 Å². The Labute approximate surface area is 239 Å². The van der Waals surface area contributed by atoms with Gasteiger partial charge >= 0.3 is 0 Å². The van der Waals surface area contributed by atoms with Gasteiger partial charge in [-0.05, 0) is 53.8 Å². The summed E-state index contributed by atoms with van der Waals surface area (Å²) in [5.74, 6) is 0.523. The van der Waals surface area contributed by atoms with Crippen molar-refractivity contribution in [2.45, 2.75) is 51.3 Å². The molecule has 5 rings (SSSR count). The van der Waals surface area contributed by atoms with Gasteiger partial charge in [-0.2, -0.15) is 0 Å². The van der Waals surface area contributed by atoms with E-state index in [1.165, 1.54) is 25.0 Å². The third-order valence-electron chi connectivity index (χ3n) is 7.39. The van der Waals surface area contributed by atoms with Crippen LogP contribution in [0, 0.1) is 11.2 Å². The molecule has 1 amide bonds. The number of benzene rings is 2. The second-order valence-corrected chi connectivity index (χ2v) is 10.2. The van der Waals surface area contributed by atoms with Crippen LogP contribution < -0.4 is 10.6 Å². The molecule has 8 nitrogen and oxygen atoms in total. The molecule has 1 saturated carbocycles. The summed E-state index contributed by atoms with van der Waals surface area (Å²) in [4.78, 5) is 22.9. The number of hydrogen-bond acceptors (Lipinski definition) is 6. The van der Waals surface area contributed by atoms with E-state index in [1.807, 2.05) is 36.4 Å². The van der Waals surface area contributed by atoms with Crippen molar-refractivity contribution in [2.24, 2.45) is 0 Å². The number of aromatic nitrogens is 3. The van der Waals surface area contributed by atoms with E-state index in [-0.39, 0.29) is 18.1 Å². The molecule has 1 aliphatic rings. The average Bonchev–Trinajstić information content (AvgIpc) is 3.65. The van der Waals surface area contributed by atoms with Gasteiger partial charge in [0.15, 0.2) is 5.69 Å². The van der Waals surface area contributed by atoms with Crippen LogP contribution in [0.5, 0.6) is 0 Å². The Morgan fingerprint density at radius 2 is 1.95 bits per heavy atom. The van der Waals surface area contributed by atoms with Crippen molar-refractivity contribution in [3.05, 3.63) is 101 Å². The number of carbonyl (C=O) groups excluding carboxylic acids is 1. The first-order valence-corrected chi connectivity index (χ1v) is 14.0. The zero-order valence-corrected chi connectivity index (χ0v) is 23.2. The summed E-state index contributed by atoms with van der Waals surface area (Å²) in [5.41, 5.74) is 4.48. The second-order valence-electron chi connectivity index (χ2n) is 10.2. The molecule has 0 saturated heterocycles. The first-order chi connectivity index (χ1) is 20.1. The smallest absolute Gasteiger partial charge is 0.272 e. The first kappa shape index (κ1) is 28.2. The number of carbonyl (C=O) groups is 1. The normalized spacial score (nSPS) is 14.0. The number of pyridine rings is 1. The van der Waals surface area contributed by atoms with E-state index in [0.29, 0.717) is 47.9 Å². The van der Waals surface area contributed by atoms with E-state index in [1.54, 1.807) is 25.5 Å². The number of ether oxygens (including phenoxy) is 1. The van der Waals surface area contributed by atoms with Gasteiger partial charge in [-0.25, -0.2) is 14.4 Å². The number of imidazole rings is 1. The van der Waals surface area contributed by atoms with Crippen LogP contribution in [-0.4, -0.2) is 40.3 Å². The van der Waals surface area contributed by atoms with Crippen molar-refractivity contribution in [3.8, 4) is 0 Å². The highest BCUT2D eigenvalue weighted by Gasteiger charge is 2.26. The fraction of sp³-hybridized carbons (Fsp3) is 0.312. The number of allylic oxidation sites excluding steroid dienone is 1. The molecule has 0 bridgehead atoms. The molecule has 0 radical (unpaired) electrons. The van der Waals surface area contributed by atoms with Crippen LogP contribution in [0.15, 0.2) is 67.0 Å². The van der Waals surface area contributed by atoms with E-state index in [0.717, 1.165) is 36.0 Å². The number of nitrogens with one attached hydrogen (secondary N) is 3. The summed E-state index contributed by atoms with van der Waals surface area (Å²) >= 11 is 0. The van der Waals surface area contributed by atoms with Crippen molar-refractivity contribution in [1.29, 1.82) is 5.41 Å². The molecule has 4 aromatic rings. The van der Waals surface area contributed by atoms with E-state index >= 15 is 0 Å². The number of amides is 1. The van der Waals surface area contributed by atoms with Crippen LogP contribution in [0.1, 0.15) is 64.6 Å². The molecule has 0 unspecified atom stereocenters. The van der Waals surface area contributed by atoms with Gasteiger partial charge in [0.2, 0.25) is 0 Å². The molecular weight excluding hydrogens is 519 g/mol. The zero-order chi connectivity index (χ0) is 28.6. The van der Waals surface area contributed by atoms with Gasteiger partial charge in [-0.3, -0.25) is 4.79 Å². The maximum absolute atomic E-state index is 14.4. The Hall–Kier alpha value is -4.37. The molecule has 2 aromatic carbocycles. The van der Waals surface area contributed by atoms with Crippen LogP contribution in [0.25, 0.3) is 16.6 Å². The summed E-state index contributed by atoms with van der Waals surface area (Å²) in [6.45, 7) is 1.64. The molecule has 1 aliphatic carbocycles. The Morgan fingerprint density at radius 1 is 1.15 bits per heavy atom. The van der Waals surface area contributed by atoms with Crippen molar-refractivity contribution in [2.75, 3.05) is 13.7 Å². The van der Waals surface area contributed by atoms with Crippen molar-refractivity contribution in [3.63, 3.8) is 0 Å². The van der Waals surface area contributed by atoms with Gasteiger partial charge in [-0.15, -0.1) is 0 Å². The van der Waals surface area contributed by atoms with Crippen molar-refractivity contribution in [1.82, 2.24) is 25.2 Å². The maximum atomic E-state index is 14.4. The fourth-order valence-corrected chi connectivity index (χ4v) is 5.46. The fourth-order valence-electron chi connectivity index (χ4n) is 5.46. The van der Waals surface area contributed by atoms with Gasteiger partial charge < -0.3 is 25.3 Å². The summed E-state index contributed by atoms with van der Waals surface area (Å²) < 4.78 is 22.5. The third-order valence-corrected chi connectivity index (χ3v) is 7.39. The Kier molecular flexibility index (Phi) is 9.15. The lowest BCUT2D eigenvalue weighted by molar-refractivity contribution is 0.0946. The molecular formula is C32H35FN6O2. The topological polar surface area (TPSA) is 105 Å². The Bertz CT molecular complexity index is 1540. The van der Waals surface area contributed by atoms with Crippen LogP contribution in [0.3, 0.4) is 0 Å². The largest absolute Gasteiger partial charge is 0.393 e. The van der Waals surface area contributed by atoms with E-state index in [4.69, 9.17) is 15.1 Å². The molecule has 0 aliphatic heterocycles. The molecule has 212 valence electrons. The molecule has 9 heteroatoms. The third kappa shape index (κ3) is 6.69. The van der Waals surface area contributed by atoms with Crippen LogP contribution in [-0.2, 0) is 24.4 Å². The van der Waals surface area contributed by atoms with Gasteiger partial charge in [-0.1, -0.05) is 43.2 Å². The van der Waals surface area contributed by atoms with Gasteiger partial charge in [0.05, 0.1) is 18.7 Å². The van der Waals surface area contributed by atoms with Crippen LogP contribution in [0.4, 0.5) is 4.39 Å². The highest BCUT2D eigenvalue weighted by molar-refractivity contribution is 6.08. The SMILES string of the molecule is CN/C=C(\C=N)c1cc(F)cc(CNC(=O)c2nccc3nc(C4CCCC4)n(CCOCc4ccccc4)c23)c1. The molecule has 2 aromatic heterocycles. The minimum atomic E-state index is -0.439. The molecule has 0 spiro atoms. The minimum Gasteiger partial charge on any atom is -0.393 e. The molecule has 0 atom stereocenters. The zero-order valence-electron chi connectivity index (χ0n) is 23.2. The Balaban J connectivity index is 1.38. The summed E-state index contributed by atoms with van der Waals surface area (Å²) in [7, 11) is 1.72. The quantitative estimate of drug-likeness (QED) is 0.157. The summed E-state index contributed by atoms with van der Waals surface area (Å²) in [6.07, 6.45) is 8.88. The average molecular weight is 555 g/mol. The highest BCUT2D eigenvalue weighted by Crippen LogP contribution is 2.35. The Morgan fingerprint density at radius 3 is 2.71 bits per heavy atom. The molecule has 2 heterocycles. The van der Waals surface area contributed by atoms with Crippen LogP contribution in [0.2, 0.25) is 0 Å².